The number of carbonyl (C=O) groups is 3. The van der Waals surface area contributed by atoms with Gasteiger partial charge < -0.3 is 16.0 Å². The van der Waals surface area contributed by atoms with E-state index in [0.29, 0.717) is 11.3 Å². The summed E-state index contributed by atoms with van der Waals surface area (Å²) in [6.07, 6.45) is -4.71. The maximum Gasteiger partial charge on any atom is 0.435 e. The number of thiazole rings is 1. The molecule has 1 aliphatic rings. The molecule has 1 heterocycles. The van der Waals surface area contributed by atoms with Crippen LogP contribution in [0.3, 0.4) is 0 Å². The zero-order chi connectivity index (χ0) is 26.3. The van der Waals surface area contributed by atoms with Crippen LogP contribution in [0.25, 0.3) is 0 Å². The first-order chi connectivity index (χ1) is 16.9. The molecule has 14 heteroatoms. The van der Waals surface area contributed by atoms with E-state index in [9.17, 15) is 31.9 Å². The third-order valence-electron chi connectivity index (χ3n) is 5.22. The molecule has 0 spiro atoms. The maximum atomic E-state index is 13.6. The quantitative estimate of drug-likeness (QED) is 0.246. The number of amides is 3. The van der Waals surface area contributed by atoms with E-state index in [1.165, 1.54) is 30.3 Å². The first kappa shape index (κ1) is 25.9. The van der Waals surface area contributed by atoms with Gasteiger partial charge in [0.25, 0.3) is 5.91 Å². The summed E-state index contributed by atoms with van der Waals surface area (Å²) in [4.78, 5) is 40.7. The average Bonchev–Trinajstić information content (AvgIpc) is 3.51. The van der Waals surface area contributed by atoms with Gasteiger partial charge in [0.1, 0.15) is 16.1 Å². The fourth-order valence-electron chi connectivity index (χ4n) is 3.16. The summed E-state index contributed by atoms with van der Waals surface area (Å²) in [6, 6.07) is 8.80. The summed E-state index contributed by atoms with van der Waals surface area (Å²) in [7, 11) is 0. The van der Waals surface area contributed by atoms with E-state index < -0.39 is 50.8 Å². The summed E-state index contributed by atoms with van der Waals surface area (Å²) in [6.45, 7) is 0. The number of hydrogen-bond donors (Lipinski definition) is 3. The number of anilines is 3. The van der Waals surface area contributed by atoms with Crippen LogP contribution in [0.1, 0.15) is 28.2 Å². The predicted octanol–water partition coefficient (Wildman–Crippen LogP) is 6.22. The lowest BCUT2D eigenvalue weighted by atomic mass is 10.1. The standard InChI is InChI=1S/C22H14Cl2F4N4O3S/c23-13-6-5-12(9-14(13)24)29-17(33)15-16(22(26,27)28)31-20(36-15)32-19(35)21(7-8-21)18(34)30-11-3-1-10(25)2-4-11/h1-6,9H,7-8H2,(H,29,33)(H,30,34)(H,31,32,35). The Kier molecular flexibility index (Phi) is 6.95. The van der Waals surface area contributed by atoms with Crippen LogP contribution in [0.4, 0.5) is 34.1 Å². The molecular formula is C22H14Cl2F4N4O3S. The van der Waals surface area contributed by atoms with Gasteiger partial charge in [-0.05, 0) is 55.3 Å². The minimum absolute atomic E-state index is 0.0800. The Morgan fingerprint density at radius 2 is 1.50 bits per heavy atom. The van der Waals surface area contributed by atoms with Gasteiger partial charge in [-0.2, -0.15) is 13.2 Å². The molecule has 36 heavy (non-hydrogen) atoms. The molecule has 3 amide bonds. The van der Waals surface area contributed by atoms with Crippen molar-refractivity contribution in [2.45, 2.75) is 19.0 Å². The van der Waals surface area contributed by atoms with Crippen LogP contribution in [0.2, 0.25) is 10.0 Å². The van der Waals surface area contributed by atoms with E-state index in [-0.39, 0.29) is 34.3 Å². The fourth-order valence-corrected chi connectivity index (χ4v) is 4.34. The van der Waals surface area contributed by atoms with Gasteiger partial charge >= 0.3 is 6.18 Å². The average molecular weight is 561 g/mol. The highest BCUT2D eigenvalue weighted by molar-refractivity contribution is 7.17. The second-order valence-corrected chi connectivity index (χ2v) is 9.59. The van der Waals surface area contributed by atoms with E-state index in [1.54, 1.807) is 0 Å². The minimum atomic E-state index is -5.00. The first-order valence-corrected chi connectivity index (χ1v) is 11.7. The Morgan fingerprint density at radius 3 is 2.08 bits per heavy atom. The normalized spacial score (nSPS) is 14.2. The van der Waals surface area contributed by atoms with Gasteiger partial charge in [0.05, 0.1) is 10.0 Å². The van der Waals surface area contributed by atoms with Crippen molar-refractivity contribution in [3.05, 3.63) is 68.9 Å². The summed E-state index contributed by atoms with van der Waals surface area (Å²) >= 11 is 12.0. The molecule has 2 aromatic carbocycles. The van der Waals surface area contributed by atoms with Crippen molar-refractivity contribution < 1.29 is 31.9 Å². The van der Waals surface area contributed by atoms with Crippen molar-refractivity contribution in [2.75, 3.05) is 16.0 Å². The highest BCUT2D eigenvalue weighted by Crippen LogP contribution is 2.48. The molecule has 0 atom stereocenters. The molecule has 0 unspecified atom stereocenters. The lowest BCUT2D eigenvalue weighted by Gasteiger charge is -2.14. The van der Waals surface area contributed by atoms with Gasteiger partial charge in [0.2, 0.25) is 11.8 Å². The summed E-state index contributed by atoms with van der Waals surface area (Å²) < 4.78 is 53.8. The van der Waals surface area contributed by atoms with E-state index >= 15 is 0 Å². The molecule has 0 radical (unpaired) electrons. The summed E-state index contributed by atoms with van der Waals surface area (Å²) in [5, 5.41) is 6.74. The number of benzene rings is 2. The lowest BCUT2D eigenvalue weighted by molar-refractivity contribution is -0.141. The van der Waals surface area contributed by atoms with E-state index in [0.717, 1.165) is 12.1 Å². The smallest absolute Gasteiger partial charge is 0.325 e. The number of nitrogens with one attached hydrogen (secondary N) is 3. The van der Waals surface area contributed by atoms with Gasteiger partial charge in [0, 0.05) is 11.4 Å². The molecule has 188 valence electrons. The van der Waals surface area contributed by atoms with Crippen LogP contribution in [0.15, 0.2) is 42.5 Å². The predicted molar refractivity (Wildman–Crippen MR) is 127 cm³/mol. The summed E-state index contributed by atoms with van der Waals surface area (Å²) in [5.41, 5.74) is -2.69. The lowest BCUT2D eigenvalue weighted by Crippen LogP contribution is -2.35. The zero-order valence-electron chi connectivity index (χ0n) is 17.8. The number of carbonyl (C=O) groups excluding carboxylic acids is 3. The highest BCUT2D eigenvalue weighted by atomic mass is 35.5. The Hall–Kier alpha value is -3.22. The van der Waals surface area contributed by atoms with Crippen LogP contribution in [0, 0.1) is 11.2 Å². The third kappa shape index (κ3) is 5.45. The van der Waals surface area contributed by atoms with Crippen molar-refractivity contribution in [1.29, 1.82) is 0 Å². The molecule has 1 aliphatic carbocycles. The van der Waals surface area contributed by atoms with Crippen molar-refractivity contribution in [3.63, 3.8) is 0 Å². The third-order valence-corrected chi connectivity index (χ3v) is 6.93. The Bertz CT molecular complexity index is 1360. The van der Waals surface area contributed by atoms with E-state index in [1.807, 2.05) is 0 Å². The van der Waals surface area contributed by atoms with Crippen LogP contribution in [0.5, 0.6) is 0 Å². The molecule has 0 bridgehead atoms. The van der Waals surface area contributed by atoms with Gasteiger partial charge in [0.15, 0.2) is 10.8 Å². The van der Waals surface area contributed by atoms with Gasteiger partial charge in [-0.1, -0.05) is 34.5 Å². The Labute approximate surface area is 214 Å². The van der Waals surface area contributed by atoms with E-state index in [2.05, 4.69) is 20.9 Å². The van der Waals surface area contributed by atoms with Crippen molar-refractivity contribution in [2.24, 2.45) is 5.41 Å². The van der Waals surface area contributed by atoms with Crippen LogP contribution in [-0.4, -0.2) is 22.7 Å². The monoisotopic (exact) mass is 560 g/mol. The van der Waals surface area contributed by atoms with Crippen LogP contribution < -0.4 is 16.0 Å². The second kappa shape index (κ2) is 9.68. The molecule has 7 nitrogen and oxygen atoms in total. The van der Waals surface area contributed by atoms with Crippen molar-refractivity contribution in [1.82, 2.24) is 4.98 Å². The molecule has 1 aromatic heterocycles. The molecular weight excluding hydrogens is 547 g/mol. The highest BCUT2D eigenvalue weighted by Gasteiger charge is 2.57. The number of hydrogen-bond acceptors (Lipinski definition) is 5. The van der Waals surface area contributed by atoms with Crippen LogP contribution >= 0.6 is 34.5 Å². The fraction of sp³-hybridized carbons (Fsp3) is 0.182. The molecule has 4 rings (SSSR count). The largest absolute Gasteiger partial charge is 0.435 e. The number of aromatic nitrogens is 1. The van der Waals surface area contributed by atoms with Crippen molar-refractivity contribution >= 4 is 68.8 Å². The number of alkyl halides is 3. The Balaban J connectivity index is 1.52. The zero-order valence-corrected chi connectivity index (χ0v) is 20.1. The minimum Gasteiger partial charge on any atom is -0.325 e. The topological polar surface area (TPSA) is 100 Å². The molecule has 0 saturated heterocycles. The summed E-state index contributed by atoms with van der Waals surface area (Å²) in [5.74, 6) is -3.22. The first-order valence-electron chi connectivity index (χ1n) is 10.1. The molecule has 0 aliphatic heterocycles. The number of rotatable bonds is 6. The van der Waals surface area contributed by atoms with Crippen molar-refractivity contribution in [3.8, 4) is 0 Å². The molecule has 3 N–H and O–H groups in total. The maximum absolute atomic E-state index is 13.6. The van der Waals surface area contributed by atoms with Crippen LogP contribution in [-0.2, 0) is 15.8 Å². The molecule has 1 saturated carbocycles. The SMILES string of the molecule is O=C(Nc1ccc(Cl)c(Cl)c1)c1sc(NC(=O)C2(C(=O)Nc3ccc(F)cc3)CC2)nc1C(F)(F)F. The van der Waals surface area contributed by atoms with E-state index in [4.69, 9.17) is 23.2 Å². The van der Waals surface area contributed by atoms with Gasteiger partial charge in [-0.15, -0.1) is 0 Å². The number of nitrogens with zero attached hydrogens (tertiary/aromatic N) is 1. The molecule has 3 aromatic rings. The van der Waals surface area contributed by atoms with Gasteiger partial charge in [-0.3, -0.25) is 14.4 Å². The Morgan fingerprint density at radius 1 is 0.889 bits per heavy atom. The molecule has 1 fully saturated rings. The number of halogens is 6. The second-order valence-electron chi connectivity index (χ2n) is 7.77. The van der Waals surface area contributed by atoms with Gasteiger partial charge in [-0.25, -0.2) is 9.37 Å².